The van der Waals surface area contributed by atoms with Gasteiger partial charge in [-0.3, -0.25) is 4.98 Å². The number of rotatable bonds is 4. The van der Waals surface area contributed by atoms with E-state index >= 15 is 0 Å². The first kappa shape index (κ1) is 13.5. The van der Waals surface area contributed by atoms with E-state index in [1.54, 1.807) is 6.20 Å². The fraction of sp³-hybridized carbons (Fsp3) is 0.143. The Bertz CT molecular complexity index is 777. The number of nitrogens with zero attached hydrogens (tertiary/aromatic N) is 4. The van der Waals surface area contributed by atoms with Crippen molar-refractivity contribution in [2.45, 2.75) is 6.92 Å². The first-order valence-corrected chi connectivity index (χ1v) is 6.70. The molecule has 0 radical (unpaired) electrons. The van der Waals surface area contributed by atoms with Crippen molar-refractivity contribution in [3.05, 3.63) is 41.8 Å². The monoisotopic (exact) mass is 302 g/mol. The zero-order valence-corrected chi connectivity index (χ0v) is 11.9. The van der Waals surface area contributed by atoms with Gasteiger partial charge in [0.25, 0.3) is 0 Å². The van der Waals surface area contributed by atoms with Gasteiger partial charge < -0.3 is 9.47 Å². The van der Waals surface area contributed by atoms with Gasteiger partial charge in [-0.25, -0.2) is 0 Å². The molecule has 21 heavy (non-hydrogen) atoms. The van der Waals surface area contributed by atoms with Gasteiger partial charge in [-0.1, -0.05) is 6.07 Å². The molecule has 3 aromatic rings. The molecule has 0 aliphatic heterocycles. The summed E-state index contributed by atoms with van der Waals surface area (Å²) in [6.07, 6.45) is 1.72. The molecule has 0 amide bonds. The largest absolute Gasteiger partial charge is 0.464 e. The lowest BCUT2D eigenvalue weighted by atomic mass is 10.2. The number of halogens is 1. The van der Waals surface area contributed by atoms with E-state index in [-0.39, 0.29) is 17.3 Å². The smallest absolute Gasteiger partial charge is 0.329 e. The molecular formula is C14H11ClN4O2. The quantitative estimate of drug-likeness (QED) is 0.736. The molecule has 0 saturated heterocycles. The molecule has 6 nitrogen and oxygen atoms in total. The van der Waals surface area contributed by atoms with Crippen molar-refractivity contribution in [2.24, 2.45) is 0 Å². The second kappa shape index (κ2) is 5.88. The number of ether oxygens (including phenoxy) is 2. The van der Waals surface area contributed by atoms with Crippen LogP contribution in [0.5, 0.6) is 17.8 Å². The van der Waals surface area contributed by atoms with Crippen LogP contribution in [-0.4, -0.2) is 26.5 Å². The Balaban J connectivity index is 1.98. The lowest BCUT2D eigenvalue weighted by Crippen LogP contribution is -2.01. The maximum Gasteiger partial charge on any atom is 0.329 e. The van der Waals surface area contributed by atoms with Crippen molar-refractivity contribution in [3.8, 4) is 17.8 Å². The van der Waals surface area contributed by atoms with Crippen LogP contribution in [0.4, 0.5) is 0 Å². The molecule has 0 atom stereocenters. The van der Waals surface area contributed by atoms with E-state index in [2.05, 4.69) is 19.9 Å². The normalized spacial score (nSPS) is 10.6. The fourth-order valence-electron chi connectivity index (χ4n) is 1.82. The van der Waals surface area contributed by atoms with E-state index in [1.807, 2.05) is 37.3 Å². The van der Waals surface area contributed by atoms with Gasteiger partial charge in [-0.2, -0.15) is 9.97 Å². The van der Waals surface area contributed by atoms with Crippen molar-refractivity contribution < 1.29 is 9.47 Å². The molecule has 0 unspecified atom stereocenters. The van der Waals surface area contributed by atoms with Crippen LogP contribution < -0.4 is 9.47 Å². The Hall–Kier alpha value is -2.47. The number of fused-ring (bicyclic) bond motifs is 1. The van der Waals surface area contributed by atoms with E-state index in [0.29, 0.717) is 12.4 Å². The van der Waals surface area contributed by atoms with Gasteiger partial charge in [0.05, 0.1) is 12.1 Å². The van der Waals surface area contributed by atoms with Gasteiger partial charge in [-0.15, -0.1) is 4.98 Å². The van der Waals surface area contributed by atoms with Gasteiger partial charge in [0.2, 0.25) is 5.28 Å². The molecule has 0 spiro atoms. The van der Waals surface area contributed by atoms with Gasteiger partial charge in [0, 0.05) is 11.6 Å². The summed E-state index contributed by atoms with van der Waals surface area (Å²) in [5, 5.41) is 0.872. The van der Waals surface area contributed by atoms with Crippen molar-refractivity contribution in [2.75, 3.05) is 6.61 Å². The third-order valence-corrected chi connectivity index (χ3v) is 2.82. The zero-order chi connectivity index (χ0) is 14.7. The molecule has 1 aromatic carbocycles. The highest BCUT2D eigenvalue weighted by Crippen LogP contribution is 2.27. The van der Waals surface area contributed by atoms with Crippen molar-refractivity contribution in [1.29, 1.82) is 0 Å². The Labute approximate surface area is 125 Å². The van der Waals surface area contributed by atoms with Crippen LogP contribution in [-0.2, 0) is 0 Å². The summed E-state index contributed by atoms with van der Waals surface area (Å²) in [5.41, 5.74) is 0.820. The summed E-state index contributed by atoms with van der Waals surface area (Å²) in [5.74, 6) is 0.588. The third-order valence-electron chi connectivity index (χ3n) is 2.65. The summed E-state index contributed by atoms with van der Waals surface area (Å²) in [7, 11) is 0. The minimum absolute atomic E-state index is 0.0156. The van der Waals surface area contributed by atoms with E-state index in [0.717, 1.165) is 10.9 Å². The molecule has 0 N–H and O–H groups in total. The second-order valence-electron chi connectivity index (χ2n) is 4.03. The van der Waals surface area contributed by atoms with Gasteiger partial charge in [-0.05, 0) is 42.8 Å². The Morgan fingerprint density at radius 3 is 2.76 bits per heavy atom. The summed E-state index contributed by atoms with van der Waals surface area (Å²) >= 11 is 5.84. The van der Waals surface area contributed by atoms with Crippen molar-refractivity contribution >= 4 is 22.5 Å². The van der Waals surface area contributed by atoms with Crippen LogP contribution in [0, 0.1) is 0 Å². The predicted octanol–water partition coefficient (Wildman–Crippen LogP) is 3.26. The van der Waals surface area contributed by atoms with Gasteiger partial charge in [0.1, 0.15) is 5.75 Å². The lowest BCUT2D eigenvalue weighted by Gasteiger charge is -2.08. The van der Waals surface area contributed by atoms with Crippen molar-refractivity contribution in [3.63, 3.8) is 0 Å². The van der Waals surface area contributed by atoms with Crippen LogP contribution in [0.1, 0.15) is 6.92 Å². The minimum Gasteiger partial charge on any atom is -0.464 e. The molecule has 0 aliphatic carbocycles. The fourth-order valence-corrected chi connectivity index (χ4v) is 1.96. The van der Waals surface area contributed by atoms with Crippen LogP contribution >= 0.6 is 11.6 Å². The highest BCUT2D eigenvalue weighted by Gasteiger charge is 2.10. The molecule has 2 heterocycles. The number of hydrogen-bond donors (Lipinski definition) is 0. The number of pyridine rings is 1. The third kappa shape index (κ3) is 3.00. The Kier molecular flexibility index (Phi) is 3.79. The minimum atomic E-state index is 0.0156. The molecule has 0 fully saturated rings. The average Bonchev–Trinajstić information content (AvgIpc) is 2.47. The van der Waals surface area contributed by atoms with E-state index in [4.69, 9.17) is 21.1 Å². The molecule has 0 bridgehead atoms. The second-order valence-corrected chi connectivity index (χ2v) is 4.37. The van der Waals surface area contributed by atoms with E-state index in [9.17, 15) is 0 Å². The zero-order valence-electron chi connectivity index (χ0n) is 11.2. The number of benzene rings is 1. The Morgan fingerprint density at radius 1 is 1.05 bits per heavy atom. The number of hydrogen-bond acceptors (Lipinski definition) is 6. The van der Waals surface area contributed by atoms with E-state index < -0.39 is 0 Å². The molecule has 0 saturated carbocycles. The van der Waals surface area contributed by atoms with Gasteiger partial charge in [0.15, 0.2) is 0 Å². The first-order valence-electron chi connectivity index (χ1n) is 6.32. The molecular weight excluding hydrogens is 292 g/mol. The summed E-state index contributed by atoms with van der Waals surface area (Å²) < 4.78 is 10.9. The average molecular weight is 303 g/mol. The van der Waals surface area contributed by atoms with Crippen LogP contribution in [0.2, 0.25) is 5.28 Å². The van der Waals surface area contributed by atoms with E-state index in [1.165, 1.54) is 0 Å². The lowest BCUT2D eigenvalue weighted by molar-refractivity contribution is 0.303. The summed E-state index contributed by atoms with van der Waals surface area (Å²) in [6, 6.07) is 9.50. The molecule has 7 heteroatoms. The van der Waals surface area contributed by atoms with Gasteiger partial charge >= 0.3 is 12.0 Å². The van der Waals surface area contributed by atoms with Crippen molar-refractivity contribution in [1.82, 2.24) is 19.9 Å². The maximum absolute atomic E-state index is 5.84. The summed E-state index contributed by atoms with van der Waals surface area (Å²) in [4.78, 5) is 16.1. The first-order chi connectivity index (χ1) is 10.3. The highest BCUT2D eigenvalue weighted by molar-refractivity contribution is 6.28. The molecule has 106 valence electrons. The summed E-state index contributed by atoms with van der Waals surface area (Å²) in [6.45, 7) is 2.26. The van der Waals surface area contributed by atoms with Crippen LogP contribution in [0.15, 0.2) is 36.5 Å². The standard InChI is InChI=1S/C14H11ClN4O2/c1-2-20-13-17-12(15)18-14(19-13)21-11-7-3-6-10-9(11)5-4-8-16-10/h3-8H,2H2,1H3. The SMILES string of the molecule is CCOc1nc(Cl)nc(Oc2cccc3ncccc23)n1. The highest BCUT2D eigenvalue weighted by atomic mass is 35.5. The predicted molar refractivity (Wildman–Crippen MR) is 77.8 cm³/mol. The molecule has 3 rings (SSSR count). The molecule has 2 aromatic heterocycles. The topological polar surface area (TPSA) is 70.0 Å². The van der Waals surface area contributed by atoms with Crippen LogP contribution in [0.25, 0.3) is 10.9 Å². The van der Waals surface area contributed by atoms with Crippen LogP contribution in [0.3, 0.4) is 0 Å². The Morgan fingerprint density at radius 2 is 1.90 bits per heavy atom. The molecule has 0 aliphatic rings. The maximum atomic E-state index is 5.84. The number of aromatic nitrogens is 4.